The van der Waals surface area contributed by atoms with Crippen molar-refractivity contribution in [1.29, 1.82) is 0 Å². The van der Waals surface area contributed by atoms with Crippen molar-refractivity contribution in [3.63, 3.8) is 0 Å². The lowest BCUT2D eigenvalue weighted by molar-refractivity contribution is 0.0957. The first-order valence-electron chi connectivity index (χ1n) is 10.8. The van der Waals surface area contributed by atoms with E-state index in [2.05, 4.69) is 27.0 Å². The summed E-state index contributed by atoms with van der Waals surface area (Å²) >= 11 is 2.84. The minimum atomic E-state index is 0.105. The number of ketones is 1. The number of hydrogen-bond donors (Lipinski definition) is 1. The maximum absolute atomic E-state index is 12.9. The number of ether oxygens (including phenoxy) is 2. The van der Waals surface area contributed by atoms with Crippen LogP contribution in [0.25, 0.3) is 0 Å². The van der Waals surface area contributed by atoms with E-state index in [1.54, 1.807) is 0 Å². The molecule has 9 heteroatoms. The van der Waals surface area contributed by atoms with Crippen molar-refractivity contribution >= 4 is 39.7 Å². The molecule has 170 valence electrons. The van der Waals surface area contributed by atoms with Crippen LogP contribution in [0.3, 0.4) is 0 Å². The molecule has 1 aliphatic heterocycles. The highest BCUT2D eigenvalue weighted by Crippen LogP contribution is 2.32. The lowest BCUT2D eigenvalue weighted by Crippen LogP contribution is -2.17. The van der Waals surface area contributed by atoms with Crippen LogP contribution in [0, 0.1) is 13.8 Å². The average molecular weight is 473 g/mol. The molecule has 0 spiro atoms. The Morgan fingerprint density at radius 2 is 2.19 bits per heavy atom. The van der Waals surface area contributed by atoms with Crippen LogP contribution < -0.4 is 10.1 Å². The normalized spacial score (nSPS) is 15.8. The van der Waals surface area contributed by atoms with E-state index in [1.165, 1.54) is 23.1 Å². The minimum Gasteiger partial charge on any atom is -0.492 e. The van der Waals surface area contributed by atoms with Crippen molar-refractivity contribution < 1.29 is 14.3 Å². The van der Waals surface area contributed by atoms with Gasteiger partial charge in [0.15, 0.2) is 10.1 Å². The predicted molar refractivity (Wildman–Crippen MR) is 129 cm³/mol. The van der Waals surface area contributed by atoms with Gasteiger partial charge in [0.05, 0.1) is 24.2 Å². The summed E-state index contributed by atoms with van der Waals surface area (Å²) in [6.07, 6.45) is 2.44. The summed E-state index contributed by atoms with van der Waals surface area (Å²) in [5, 5.41) is 12.4. The van der Waals surface area contributed by atoms with E-state index in [1.807, 2.05) is 44.2 Å². The van der Waals surface area contributed by atoms with E-state index in [0.717, 1.165) is 58.7 Å². The second-order valence-corrected chi connectivity index (χ2v) is 9.87. The number of anilines is 2. The van der Waals surface area contributed by atoms with E-state index in [4.69, 9.17) is 9.47 Å². The Morgan fingerprint density at radius 1 is 1.34 bits per heavy atom. The topological polar surface area (TPSA) is 78.3 Å². The molecule has 3 heterocycles. The first kappa shape index (κ1) is 22.8. The number of nitrogens with zero attached hydrogens (tertiary/aromatic N) is 3. The molecular formula is C23H28N4O3S2. The van der Waals surface area contributed by atoms with Crippen molar-refractivity contribution in [3.05, 3.63) is 47.3 Å². The second kappa shape index (κ2) is 10.5. The van der Waals surface area contributed by atoms with Gasteiger partial charge in [0, 0.05) is 30.1 Å². The van der Waals surface area contributed by atoms with E-state index in [-0.39, 0.29) is 11.9 Å². The SMILES string of the molecule is CCOc1ccccc1Nc1nnc(SCC(=O)c2cc(C)n(C[C@@H]3CCCO3)c2C)s1. The summed E-state index contributed by atoms with van der Waals surface area (Å²) in [4.78, 5) is 12.9. The molecule has 1 aliphatic rings. The molecule has 0 radical (unpaired) electrons. The summed E-state index contributed by atoms with van der Waals surface area (Å²) in [6.45, 7) is 8.26. The van der Waals surface area contributed by atoms with Crippen LogP contribution in [-0.2, 0) is 11.3 Å². The molecule has 4 rings (SSSR count). The van der Waals surface area contributed by atoms with Crippen LogP contribution in [0.4, 0.5) is 10.8 Å². The standard InChI is InChI=1S/C23H28N4O3S2/c1-4-29-21-10-6-5-9-19(21)24-22-25-26-23(32-22)31-14-20(28)18-12-15(2)27(16(18)3)13-17-8-7-11-30-17/h5-6,9-10,12,17H,4,7-8,11,13-14H2,1-3H3,(H,24,25)/t17-/m0/s1. The molecular weight excluding hydrogens is 444 g/mol. The average Bonchev–Trinajstić information content (AvgIpc) is 3.52. The third-order valence-corrected chi connectivity index (χ3v) is 7.42. The smallest absolute Gasteiger partial charge is 0.210 e. The number of rotatable bonds is 10. The van der Waals surface area contributed by atoms with Crippen molar-refractivity contribution in [1.82, 2.24) is 14.8 Å². The van der Waals surface area contributed by atoms with E-state index in [0.29, 0.717) is 17.5 Å². The number of Topliss-reactive ketones (excluding diaryl/α,β-unsaturated/α-hetero) is 1. The number of carbonyl (C=O) groups excluding carboxylic acids is 1. The van der Waals surface area contributed by atoms with Crippen molar-refractivity contribution in [2.45, 2.75) is 50.6 Å². The first-order valence-corrected chi connectivity index (χ1v) is 12.6. The Bertz CT molecular complexity index is 1070. The number of aromatic nitrogens is 3. The zero-order valence-corrected chi connectivity index (χ0v) is 20.2. The van der Waals surface area contributed by atoms with Gasteiger partial charge in [0.1, 0.15) is 5.75 Å². The van der Waals surface area contributed by atoms with Crippen molar-refractivity contribution in [2.24, 2.45) is 0 Å². The molecule has 1 N–H and O–H groups in total. The molecule has 0 saturated carbocycles. The fraction of sp³-hybridized carbons (Fsp3) is 0.435. The maximum atomic E-state index is 12.9. The molecule has 3 aromatic rings. The fourth-order valence-corrected chi connectivity index (χ4v) is 5.49. The molecule has 0 unspecified atom stereocenters. The molecule has 32 heavy (non-hydrogen) atoms. The Morgan fingerprint density at radius 3 is 2.97 bits per heavy atom. The van der Waals surface area contributed by atoms with Crippen molar-refractivity contribution in [2.75, 3.05) is 24.3 Å². The monoisotopic (exact) mass is 472 g/mol. The molecule has 0 amide bonds. The van der Waals surface area contributed by atoms with Gasteiger partial charge in [-0.2, -0.15) is 0 Å². The summed E-state index contributed by atoms with van der Waals surface area (Å²) in [5.74, 6) is 1.20. The summed E-state index contributed by atoms with van der Waals surface area (Å²) in [5.41, 5.74) is 3.73. The summed E-state index contributed by atoms with van der Waals surface area (Å²) in [7, 11) is 0. The second-order valence-electron chi connectivity index (χ2n) is 7.67. The minimum absolute atomic E-state index is 0.105. The Kier molecular flexibility index (Phi) is 7.49. The lowest BCUT2D eigenvalue weighted by atomic mass is 10.2. The first-order chi connectivity index (χ1) is 15.5. The van der Waals surface area contributed by atoms with E-state index in [9.17, 15) is 4.79 Å². The number of para-hydroxylation sites is 2. The Hall–Kier alpha value is -2.36. The molecule has 1 fully saturated rings. The van der Waals surface area contributed by atoms with Gasteiger partial charge < -0.3 is 19.4 Å². The van der Waals surface area contributed by atoms with Crippen LogP contribution in [0.1, 0.15) is 41.5 Å². The quantitative estimate of drug-likeness (QED) is 0.319. The van der Waals surface area contributed by atoms with Crippen LogP contribution >= 0.6 is 23.1 Å². The zero-order valence-electron chi connectivity index (χ0n) is 18.6. The Balaban J connectivity index is 1.36. The molecule has 1 aromatic carbocycles. The summed E-state index contributed by atoms with van der Waals surface area (Å²) in [6, 6.07) is 9.72. The number of hydrogen-bond acceptors (Lipinski definition) is 8. The fourth-order valence-electron chi connectivity index (χ4n) is 3.85. The van der Waals surface area contributed by atoms with Gasteiger partial charge in [-0.05, 0) is 51.8 Å². The highest BCUT2D eigenvalue weighted by atomic mass is 32.2. The van der Waals surface area contributed by atoms with Crippen LogP contribution in [-0.4, -0.2) is 45.6 Å². The van der Waals surface area contributed by atoms with Gasteiger partial charge in [-0.1, -0.05) is 35.2 Å². The van der Waals surface area contributed by atoms with Crippen molar-refractivity contribution in [3.8, 4) is 5.75 Å². The van der Waals surface area contributed by atoms with Gasteiger partial charge in [0.2, 0.25) is 5.13 Å². The highest BCUT2D eigenvalue weighted by Gasteiger charge is 2.21. The lowest BCUT2D eigenvalue weighted by Gasteiger charge is -2.14. The van der Waals surface area contributed by atoms with Gasteiger partial charge >= 0.3 is 0 Å². The van der Waals surface area contributed by atoms with Gasteiger partial charge in [-0.3, -0.25) is 4.79 Å². The molecule has 0 bridgehead atoms. The highest BCUT2D eigenvalue weighted by molar-refractivity contribution is 8.01. The number of aryl methyl sites for hydroxylation is 1. The predicted octanol–water partition coefficient (Wildman–Crippen LogP) is 5.25. The number of carbonyl (C=O) groups is 1. The Labute approximate surface area is 196 Å². The third-order valence-electron chi connectivity index (χ3n) is 5.45. The van der Waals surface area contributed by atoms with E-state index < -0.39 is 0 Å². The molecule has 2 aromatic heterocycles. The number of thioether (sulfide) groups is 1. The molecule has 7 nitrogen and oxygen atoms in total. The van der Waals surface area contributed by atoms with Gasteiger partial charge in [0.25, 0.3) is 0 Å². The molecule has 0 aliphatic carbocycles. The molecule has 1 atom stereocenters. The molecule has 1 saturated heterocycles. The van der Waals surface area contributed by atoms with Gasteiger partial charge in [-0.25, -0.2) is 0 Å². The van der Waals surface area contributed by atoms with Crippen LogP contribution in [0.5, 0.6) is 5.75 Å². The largest absolute Gasteiger partial charge is 0.492 e. The van der Waals surface area contributed by atoms with E-state index >= 15 is 0 Å². The van der Waals surface area contributed by atoms with Crippen LogP contribution in [0.2, 0.25) is 0 Å². The number of benzene rings is 1. The number of nitrogens with one attached hydrogen (secondary N) is 1. The third kappa shape index (κ3) is 5.33. The van der Waals surface area contributed by atoms with Crippen LogP contribution in [0.15, 0.2) is 34.7 Å². The maximum Gasteiger partial charge on any atom is 0.210 e. The van der Waals surface area contributed by atoms with Gasteiger partial charge in [-0.15, -0.1) is 10.2 Å². The zero-order chi connectivity index (χ0) is 22.5. The summed E-state index contributed by atoms with van der Waals surface area (Å²) < 4.78 is 14.4.